The number of benzene rings is 1. The number of ketones is 2. The molecule has 0 radical (unpaired) electrons. The molecular weight excluding hydrogens is 370 g/mol. The summed E-state index contributed by atoms with van der Waals surface area (Å²) in [6.45, 7) is 8.22. The number of fused-ring (bicyclic) bond motifs is 1. The average molecular weight is 394 g/mol. The number of esters is 1. The highest BCUT2D eigenvalue weighted by Gasteiger charge is 2.50. The number of carbonyl (C=O) groups excluding carboxylic acids is 4. The van der Waals surface area contributed by atoms with Crippen molar-refractivity contribution in [3.8, 4) is 0 Å². The van der Waals surface area contributed by atoms with Crippen molar-refractivity contribution in [1.82, 2.24) is 5.32 Å². The lowest BCUT2D eigenvalue weighted by molar-refractivity contribution is -0.155. The number of nitrogens with one attached hydrogen (secondary N) is 1. The Morgan fingerprint density at radius 1 is 1.26 bits per heavy atom. The third-order valence-corrected chi connectivity index (χ3v) is 4.94. The standard InChI is InChI=1S/C20H24ClNO5/c1-6-20(5)13-8-7-11(21)9-12(13)16(24)15(17(20)25)18(26)22-10-14(23)27-19(2,3)4/h7-9,15H,6,10H2,1-5H3,(H,22,26). The van der Waals surface area contributed by atoms with Crippen LogP contribution in [0.5, 0.6) is 0 Å². The molecule has 1 amide bonds. The van der Waals surface area contributed by atoms with Crippen LogP contribution in [0.2, 0.25) is 5.02 Å². The topological polar surface area (TPSA) is 89.5 Å². The fraction of sp³-hybridized carbons (Fsp3) is 0.500. The van der Waals surface area contributed by atoms with E-state index in [9.17, 15) is 19.2 Å². The Bertz CT molecular complexity index is 811. The lowest BCUT2D eigenvalue weighted by Crippen LogP contribution is -2.52. The smallest absolute Gasteiger partial charge is 0.325 e. The molecule has 0 fully saturated rings. The Balaban J connectivity index is 2.29. The molecule has 7 heteroatoms. The third-order valence-electron chi connectivity index (χ3n) is 4.71. The maximum atomic E-state index is 13.0. The Morgan fingerprint density at radius 2 is 1.89 bits per heavy atom. The number of hydrogen-bond acceptors (Lipinski definition) is 5. The Hall–Kier alpha value is -2.21. The second-order valence-corrected chi connectivity index (χ2v) is 8.28. The van der Waals surface area contributed by atoms with Crippen molar-refractivity contribution in [2.75, 3.05) is 6.54 Å². The van der Waals surface area contributed by atoms with Gasteiger partial charge in [0, 0.05) is 10.6 Å². The van der Waals surface area contributed by atoms with Crippen LogP contribution in [0.4, 0.5) is 0 Å². The lowest BCUT2D eigenvalue weighted by Gasteiger charge is -2.36. The molecule has 1 N–H and O–H groups in total. The van der Waals surface area contributed by atoms with Gasteiger partial charge in [-0.05, 0) is 51.8 Å². The van der Waals surface area contributed by atoms with Crippen LogP contribution in [0.25, 0.3) is 0 Å². The molecule has 1 aliphatic rings. The highest BCUT2D eigenvalue weighted by atomic mass is 35.5. The molecule has 146 valence electrons. The van der Waals surface area contributed by atoms with Crippen molar-refractivity contribution in [2.24, 2.45) is 5.92 Å². The monoisotopic (exact) mass is 393 g/mol. The number of amides is 1. The predicted octanol–water partition coefficient (Wildman–Crippen LogP) is 2.85. The molecule has 1 aliphatic carbocycles. The number of hydrogen-bond donors (Lipinski definition) is 1. The summed E-state index contributed by atoms with van der Waals surface area (Å²) in [5, 5.41) is 2.70. The van der Waals surface area contributed by atoms with Crippen LogP contribution in [0.1, 0.15) is 57.0 Å². The van der Waals surface area contributed by atoms with Crippen molar-refractivity contribution < 1.29 is 23.9 Å². The van der Waals surface area contributed by atoms with Gasteiger partial charge in [0.1, 0.15) is 12.1 Å². The molecule has 0 saturated carbocycles. The number of ether oxygens (including phenoxy) is 1. The molecule has 1 aromatic carbocycles. The van der Waals surface area contributed by atoms with E-state index in [2.05, 4.69) is 5.32 Å². The average Bonchev–Trinajstić information content (AvgIpc) is 2.56. The molecule has 0 aliphatic heterocycles. The van der Waals surface area contributed by atoms with Gasteiger partial charge in [-0.15, -0.1) is 0 Å². The van der Waals surface area contributed by atoms with E-state index in [1.54, 1.807) is 39.8 Å². The minimum atomic E-state index is -1.51. The molecule has 2 rings (SSSR count). The van der Waals surface area contributed by atoms with Crippen molar-refractivity contribution in [1.29, 1.82) is 0 Å². The molecule has 2 atom stereocenters. The zero-order valence-corrected chi connectivity index (χ0v) is 16.9. The van der Waals surface area contributed by atoms with Crippen LogP contribution in [0.3, 0.4) is 0 Å². The third kappa shape index (κ3) is 4.21. The largest absolute Gasteiger partial charge is 0.459 e. The number of Topliss-reactive ketones (excluding diaryl/α,β-unsaturated/α-hetero) is 2. The van der Waals surface area contributed by atoms with Crippen LogP contribution >= 0.6 is 11.6 Å². The molecule has 0 aromatic heterocycles. The Morgan fingerprint density at radius 3 is 2.44 bits per heavy atom. The minimum absolute atomic E-state index is 0.267. The van der Waals surface area contributed by atoms with Gasteiger partial charge in [-0.25, -0.2) is 0 Å². The maximum Gasteiger partial charge on any atom is 0.325 e. The van der Waals surface area contributed by atoms with Gasteiger partial charge in [0.05, 0.1) is 5.41 Å². The summed E-state index contributed by atoms with van der Waals surface area (Å²) in [6, 6.07) is 4.76. The van der Waals surface area contributed by atoms with Gasteiger partial charge >= 0.3 is 5.97 Å². The summed E-state index contributed by atoms with van der Waals surface area (Å²) in [7, 11) is 0. The van der Waals surface area contributed by atoms with Crippen LogP contribution in [0, 0.1) is 5.92 Å². The lowest BCUT2D eigenvalue weighted by atomic mass is 9.64. The fourth-order valence-corrected chi connectivity index (χ4v) is 3.34. The van der Waals surface area contributed by atoms with E-state index >= 15 is 0 Å². The molecule has 6 nitrogen and oxygen atoms in total. The highest BCUT2D eigenvalue weighted by Crippen LogP contribution is 2.40. The summed E-state index contributed by atoms with van der Waals surface area (Å²) < 4.78 is 5.12. The Labute approximate surface area is 163 Å². The molecule has 27 heavy (non-hydrogen) atoms. The first kappa shape index (κ1) is 21.1. The molecule has 1 aromatic rings. The van der Waals surface area contributed by atoms with Gasteiger partial charge in [0.25, 0.3) is 0 Å². The van der Waals surface area contributed by atoms with Gasteiger partial charge in [0.2, 0.25) is 5.91 Å². The van der Waals surface area contributed by atoms with E-state index in [-0.39, 0.29) is 5.56 Å². The quantitative estimate of drug-likeness (QED) is 0.627. The van der Waals surface area contributed by atoms with E-state index in [0.29, 0.717) is 17.0 Å². The zero-order valence-electron chi connectivity index (χ0n) is 16.1. The molecule has 0 bridgehead atoms. The highest BCUT2D eigenvalue weighted by molar-refractivity contribution is 6.33. The van der Waals surface area contributed by atoms with Gasteiger partial charge in [-0.2, -0.15) is 0 Å². The van der Waals surface area contributed by atoms with E-state index in [4.69, 9.17) is 16.3 Å². The number of halogens is 1. The van der Waals surface area contributed by atoms with Crippen molar-refractivity contribution in [3.63, 3.8) is 0 Å². The van der Waals surface area contributed by atoms with Crippen LogP contribution in [-0.4, -0.2) is 35.6 Å². The van der Waals surface area contributed by atoms with Gasteiger partial charge in [-0.1, -0.05) is 24.6 Å². The first-order valence-electron chi connectivity index (χ1n) is 8.79. The fourth-order valence-electron chi connectivity index (χ4n) is 3.17. The molecule has 0 saturated heterocycles. The second kappa shape index (κ2) is 7.43. The van der Waals surface area contributed by atoms with Crippen LogP contribution in [-0.2, 0) is 24.5 Å². The van der Waals surface area contributed by atoms with Gasteiger partial charge < -0.3 is 10.1 Å². The van der Waals surface area contributed by atoms with Crippen molar-refractivity contribution in [2.45, 2.75) is 52.1 Å². The summed E-state index contributed by atoms with van der Waals surface area (Å²) in [5.74, 6) is -4.05. The second-order valence-electron chi connectivity index (χ2n) is 7.84. The summed E-state index contributed by atoms with van der Waals surface area (Å²) in [4.78, 5) is 50.3. The van der Waals surface area contributed by atoms with E-state index in [1.807, 2.05) is 6.92 Å². The SMILES string of the molecule is CCC1(C)C(=O)C(C(=O)NCC(=O)OC(C)(C)C)C(=O)c2cc(Cl)ccc21. The van der Waals surface area contributed by atoms with Gasteiger partial charge in [0.15, 0.2) is 17.5 Å². The zero-order chi connectivity index (χ0) is 20.6. The minimum Gasteiger partial charge on any atom is -0.459 e. The first-order chi connectivity index (χ1) is 12.4. The summed E-state index contributed by atoms with van der Waals surface area (Å²) in [5.41, 5.74) is -0.847. The maximum absolute atomic E-state index is 13.0. The number of rotatable bonds is 4. The molecular formula is C20H24ClNO5. The molecule has 0 spiro atoms. The number of carbonyl (C=O) groups is 4. The van der Waals surface area contributed by atoms with Crippen LogP contribution < -0.4 is 5.32 Å². The Kier molecular flexibility index (Phi) is 5.80. The molecule has 2 unspecified atom stereocenters. The van der Waals surface area contributed by atoms with E-state index in [1.165, 1.54) is 6.07 Å². The van der Waals surface area contributed by atoms with E-state index < -0.39 is 46.9 Å². The van der Waals surface area contributed by atoms with Gasteiger partial charge in [-0.3, -0.25) is 19.2 Å². The van der Waals surface area contributed by atoms with Crippen molar-refractivity contribution >= 4 is 35.0 Å². The summed E-state index contributed by atoms with van der Waals surface area (Å²) >= 11 is 6.01. The molecule has 0 heterocycles. The predicted molar refractivity (Wildman–Crippen MR) is 101 cm³/mol. The van der Waals surface area contributed by atoms with E-state index in [0.717, 1.165) is 0 Å². The van der Waals surface area contributed by atoms with Crippen molar-refractivity contribution in [3.05, 3.63) is 34.3 Å². The summed E-state index contributed by atoms with van der Waals surface area (Å²) in [6.07, 6.45) is 0.420. The van der Waals surface area contributed by atoms with Crippen LogP contribution in [0.15, 0.2) is 18.2 Å². The first-order valence-corrected chi connectivity index (χ1v) is 9.16. The normalized spacial score (nSPS) is 22.2.